The standard InChI is InChI=1S/C13H21NO2/c1-2-3-4-5-6-11-9-12(14-10-11)7-8-13(15)16/h9-10,14H,2-8H2,1H3,(H,15,16). The number of hydrogen-bond donors (Lipinski definition) is 2. The van der Waals surface area contributed by atoms with Gasteiger partial charge in [-0.1, -0.05) is 26.2 Å². The zero-order chi connectivity index (χ0) is 11.8. The van der Waals surface area contributed by atoms with Crippen molar-refractivity contribution < 1.29 is 9.90 Å². The predicted octanol–water partition coefficient (Wildman–Crippen LogP) is 3.15. The molecule has 0 fully saturated rings. The Bertz CT molecular complexity index is 317. The van der Waals surface area contributed by atoms with Gasteiger partial charge in [-0.05, 0) is 30.9 Å². The highest BCUT2D eigenvalue weighted by Crippen LogP contribution is 2.10. The molecule has 16 heavy (non-hydrogen) atoms. The van der Waals surface area contributed by atoms with Crippen molar-refractivity contribution in [2.45, 2.75) is 51.9 Å². The van der Waals surface area contributed by atoms with Gasteiger partial charge in [0.2, 0.25) is 0 Å². The van der Waals surface area contributed by atoms with E-state index < -0.39 is 5.97 Å². The summed E-state index contributed by atoms with van der Waals surface area (Å²) in [5.41, 5.74) is 2.34. The smallest absolute Gasteiger partial charge is 0.303 e. The number of carbonyl (C=O) groups is 1. The average molecular weight is 223 g/mol. The first-order chi connectivity index (χ1) is 7.72. The maximum Gasteiger partial charge on any atom is 0.303 e. The quantitative estimate of drug-likeness (QED) is 0.665. The van der Waals surface area contributed by atoms with Gasteiger partial charge in [0.25, 0.3) is 0 Å². The highest BCUT2D eigenvalue weighted by molar-refractivity contribution is 5.66. The summed E-state index contributed by atoms with van der Waals surface area (Å²) in [6.07, 6.45) is 8.98. The maximum atomic E-state index is 10.4. The van der Waals surface area contributed by atoms with Crippen LogP contribution >= 0.6 is 0 Å². The fourth-order valence-electron chi connectivity index (χ4n) is 1.78. The van der Waals surface area contributed by atoms with Gasteiger partial charge in [0.05, 0.1) is 6.42 Å². The predicted molar refractivity (Wildman–Crippen MR) is 64.6 cm³/mol. The van der Waals surface area contributed by atoms with Crippen molar-refractivity contribution in [3.63, 3.8) is 0 Å². The van der Waals surface area contributed by atoms with Crippen LogP contribution in [0.1, 0.15) is 50.3 Å². The summed E-state index contributed by atoms with van der Waals surface area (Å²) < 4.78 is 0. The van der Waals surface area contributed by atoms with E-state index in [0.29, 0.717) is 6.42 Å². The second-order valence-corrected chi connectivity index (χ2v) is 4.24. The third kappa shape index (κ3) is 5.01. The molecule has 0 spiro atoms. The molecule has 3 heteroatoms. The van der Waals surface area contributed by atoms with Crippen molar-refractivity contribution in [2.75, 3.05) is 0 Å². The van der Waals surface area contributed by atoms with E-state index in [4.69, 9.17) is 5.11 Å². The molecule has 1 rings (SSSR count). The van der Waals surface area contributed by atoms with E-state index in [1.807, 2.05) is 6.20 Å². The molecule has 0 aliphatic heterocycles. The second kappa shape index (κ2) is 7.09. The first kappa shape index (κ1) is 12.8. The first-order valence-electron chi connectivity index (χ1n) is 6.10. The van der Waals surface area contributed by atoms with Crippen LogP contribution in [0.2, 0.25) is 0 Å². The number of nitrogens with one attached hydrogen (secondary N) is 1. The molecule has 0 aromatic carbocycles. The number of aryl methyl sites for hydroxylation is 2. The van der Waals surface area contributed by atoms with E-state index in [1.54, 1.807) is 0 Å². The molecule has 0 atom stereocenters. The summed E-state index contributed by atoms with van der Waals surface area (Å²) in [6, 6.07) is 2.09. The van der Waals surface area contributed by atoms with Crippen LogP contribution in [-0.4, -0.2) is 16.1 Å². The van der Waals surface area contributed by atoms with E-state index in [-0.39, 0.29) is 6.42 Å². The van der Waals surface area contributed by atoms with Crippen LogP contribution in [0.25, 0.3) is 0 Å². The Balaban J connectivity index is 2.25. The molecule has 2 N–H and O–H groups in total. The lowest BCUT2D eigenvalue weighted by Crippen LogP contribution is -1.97. The summed E-state index contributed by atoms with van der Waals surface area (Å²) in [7, 11) is 0. The van der Waals surface area contributed by atoms with Crippen molar-refractivity contribution in [3.05, 3.63) is 23.5 Å². The molecule has 0 aliphatic rings. The van der Waals surface area contributed by atoms with E-state index in [9.17, 15) is 4.79 Å². The summed E-state index contributed by atoms with van der Waals surface area (Å²) >= 11 is 0. The van der Waals surface area contributed by atoms with Gasteiger partial charge >= 0.3 is 5.97 Å². The largest absolute Gasteiger partial charge is 0.481 e. The van der Waals surface area contributed by atoms with Crippen molar-refractivity contribution >= 4 is 5.97 Å². The summed E-state index contributed by atoms with van der Waals surface area (Å²) in [5.74, 6) is -0.737. The Labute approximate surface area is 96.9 Å². The van der Waals surface area contributed by atoms with Crippen LogP contribution in [0.3, 0.4) is 0 Å². The van der Waals surface area contributed by atoms with Crippen molar-refractivity contribution in [3.8, 4) is 0 Å². The molecule has 0 unspecified atom stereocenters. The lowest BCUT2D eigenvalue weighted by molar-refractivity contribution is -0.136. The van der Waals surface area contributed by atoms with Crippen LogP contribution in [-0.2, 0) is 17.6 Å². The lowest BCUT2D eigenvalue weighted by Gasteiger charge is -1.96. The fraction of sp³-hybridized carbons (Fsp3) is 0.615. The van der Waals surface area contributed by atoms with Gasteiger partial charge in [-0.25, -0.2) is 0 Å². The van der Waals surface area contributed by atoms with Gasteiger partial charge in [-0.15, -0.1) is 0 Å². The minimum absolute atomic E-state index is 0.204. The topological polar surface area (TPSA) is 53.1 Å². The van der Waals surface area contributed by atoms with Gasteiger partial charge in [0, 0.05) is 11.9 Å². The summed E-state index contributed by atoms with van der Waals surface area (Å²) in [6.45, 7) is 2.21. The number of H-pyrrole nitrogens is 1. The zero-order valence-electron chi connectivity index (χ0n) is 9.96. The molecular weight excluding hydrogens is 202 g/mol. The van der Waals surface area contributed by atoms with E-state index in [0.717, 1.165) is 12.1 Å². The van der Waals surface area contributed by atoms with E-state index >= 15 is 0 Å². The number of rotatable bonds is 8. The third-order valence-electron chi connectivity index (χ3n) is 2.73. The number of aliphatic carboxylic acids is 1. The minimum Gasteiger partial charge on any atom is -0.481 e. The van der Waals surface area contributed by atoms with Crippen LogP contribution < -0.4 is 0 Å². The highest BCUT2D eigenvalue weighted by Gasteiger charge is 2.02. The summed E-state index contributed by atoms with van der Waals surface area (Å²) in [4.78, 5) is 13.5. The highest BCUT2D eigenvalue weighted by atomic mass is 16.4. The molecule has 0 saturated heterocycles. The zero-order valence-corrected chi connectivity index (χ0v) is 9.96. The molecule has 3 nitrogen and oxygen atoms in total. The number of carboxylic acid groups (broad SMARTS) is 1. The Morgan fingerprint density at radius 3 is 2.81 bits per heavy atom. The maximum absolute atomic E-state index is 10.4. The molecule has 0 aliphatic carbocycles. The van der Waals surface area contributed by atoms with Gasteiger partial charge < -0.3 is 10.1 Å². The molecule has 90 valence electrons. The van der Waals surface area contributed by atoms with Gasteiger partial charge in [-0.2, -0.15) is 0 Å². The average Bonchev–Trinajstić information content (AvgIpc) is 2.70. The molecule has 0 saturated carbocycles. The SMILES string of the molecule is CCCCCCc1c[nH]c(CCC(=O)O)c1. The third-order valence-corrected chi connectivity index (χ3v) is 2.73. The van der Waals surface area contributed by atoms with E-state index in [2.05, 4.69) is 18.0 Å². The van der Waals surface area contributed by atoms with Gasteiger partial charge in [-0.3, -0.25) is 4.79 Å². The van der Waals surface area contributed by atoms with Crippen molar-refractivity contribution in [2.24, 2.45) is 0 Å². The summed E-state index contributed by atoms with van der Waals surface area (Å²) in [5, 5.41) is 8.57. The van der Waals surface area contributed by atoms with E-state index in [1.165, 1.54) is 31.2 Å². The van der Waals surface area contributed by atoms with Crippen molar-refractivity contribution in [1.82, 2.24) is 4.98 Å². The lowest BCUT2D eigenvalue weighted by atomic mass is 10.1. The molecule has 1 aromatic rings. The molecule has 1 heterocycles. The first-order valence-corrected chi connectivity index (χ1v) is 6.10. The van der Waals surface area contributed by atoms with Crippen molar-refractivity contribution in [1.29, 1.82) is 0 Å². The fourth-order valence-corrected chi connectivity index (χ4v) is 1.78. The molecule has 0 amide bonds. The van der Waals surface area contributed by atoms with Gasteiger partial charge in [0.1, 0.15) is 0 Å². The van der Waals surface area contributed by atoms with Crippen LogP contribution in [0.4, 0.5) is 0 Å². The molecule has 1 aromatic heterocycles. The number of aromatic amines is 1. The van der Waals surface area contributed by atoms with Crippen LogP contribution in [0.15, 0.2) is 12.3 Å². The normalized spacial score (nSPS) is 10.6. The Morgan fingerprint density at radius 1 is 1.31 bits per heavy atom. The minimum atomic E-state index is -0.737. The number of carboxylic acids is 1. The molecule has 0 bridgehead atoms. The Kier molecular flexibility index (Phi) is 5.68. The van der Waals surface area contributed by atoms with Gasteiger partial charge in [0.15, 0.2) is 0 Å². The number of aromatic nitrogens is 1. The monoisotopic (exact) mass is 223 g/mol. The Morgan fingerprint density at radius 2 is 2.12 bits per heavy atom. The van der Waals surface area contributed by atoms with Crippen LogP contribution in [0.5, 0.6) is 0 Å². The van der Waals surface area contributed by atoms with Crippen LogP contribution in [0, 0.1) is 0 Å². The number of unbranched alkanes of at least 4 members (excludes halogenated alkanes) is 3. The Hall–Kier alpha value is -1.25. The molecular formula is C13H21NO2. The number of hydrogen-bond acceptors (Lipinski definition) is 1. The second-order valence-electron chi connectivity index (χ2n) is 4.24. The molecule has 0 radical (unpaired) electrons.